The molecule has 34 heavy (non-hydrogen) atoms. The molecule has 0 amide bonds. The molecule has 0 aliphatic carbocycles. The number of ether oxygens (including phenoxy) is 1. The van der Waals surface area contributed by atoms with Gasteiger partial charge >= 0.3 is 5.69 Å². The summed E-state index contributed by atoms with van der Waals surface area (Å²) >= 11 is 0. The van der Waals surface area contributed by atoms with Crippen LogP contribution < -0.4 is 16.0 Å². The van der Waals surface area contributed by atoms with E-state index in [1.807, 2.05) is 25.1 Å². The van der Waals surface area contributed by atoms with E-state index < -0.39 is 11.2 Å². The summed E-state index contributed by atoms with van der Waals surface area (Å²) in [4.78, 5) is 30.1. The van der Waals surface area contributed by atoms with E-state index in [1.54, 1.807) is 37.3 Å². The van der Waals surface area contributed by atoms with E-state index in [4.69, 9.17) is 9.84 Å². The summed E-state index contributed by atoms with van der Waals surface area (Å²) in [6.45, 7) is 3.56. The van der Waals surface area contributed by atoms with Crippen LogP contribution in [0.5, 0.6) is 5.75 Å². The molecule has 178 valence electrons. The molecule has 0 bridgehead atoms. The molecule has 1 N–H and O–H groups in total. The Kier molecular flexibility index (Phi) is 8.32. The number of aliphatic hydroxyl groups excluding tert-OH is 1. The third kappa shape index (κ3) is 6.17. The van der Waals surface area contributed by atoms with Crippen molar-refractivity contribution in [3.63, 3.8) is 0 Å². The van der Waals surface area contributed by atoms with Gasteiger partial charge in [0.15, 0.2) is 0 Å². The average molecular weight is 466 g/mol. The van der Waals surface area contributed by atoms with Gasteiger partial charge in [0, 0.05) is 20.2 Å². The molecule has 0 spiro atoms. The molecule has 0 saturated heterocycles. The molecule has 0 saturated carbocycles. The van der Waals surface area contributed by atoms with Crippen LogP contribution in [0.3, 0.4) is 0 Å². The van der Waals surface area contributed by atoms with E-state index in [9.17, 15) is 14.0 Å². The Morgan fingerprint density at radius 3 is 2.41 bits per heavy atom. The van der Waals surface area contributed by atoms with Gasteiger partial charge in [-0.3, -0.25) is 13.9 Å². The first-order valence-corrected chi connectivity index (χ1v) is 11.0. The van der Waals surface area contributed by atoms with Crippen molar-refractivity contribution in [2.24, 2.45) is 12.0 Å². The van der Waals surface area contributed by atoms with Crippen LogP contribution >= 0.6 is 0 Å². The lowest BCUT2D eigenvalue weighted by atomic mass is 10.1. The molecule has 0 radical (unpaired) electrons. The van der Waals surface area contributed by atoms with Crippen molar-refractivity contribution in [1.29, 1.82) is 0 Å². The first-order valence-electron chi connectivity index (χ1n) is 11.0. The second-order valence-corrected chi connectivity index (χ2v) is 7.92. The molecular weight excluding hydrogens is 437 g/mol. The highest BCUT2D eigenvalue weighted by Gasteiger charge is 2.14. The molecule has 7 nitrogen and oxygen atoms in total. The van der Waals surface area contributed by atoms with Gasteiger partial charge in [0.05, 0.1) is 5.56 Å². The zero-order chi connectivity index (χ0) is 24.7. The molecule has 1 heterocycles. The molecule has 2 aromatic carbocycles. The number of halogens is 1. The van der Waals surface area contributed by atoms with Crippen LogP contribution in [0.25, 0.3) is 0 Å². The van der Waals surface area contributed by atoms with Crippen LogP contribution in [0.1, 0.15) is 23.1 Å². The maximum Gasteiger partial charge on any atom is 0.332 e. The summed E-state index contributed by atoms with van der Waals surface area (Å²) in [6, 6.07) is 13.6. The maximum absolute atomic E-state index is 13.2. The van der Waals surface area contributed by atoms with E-state index >= 15 is 0 Å². The summed E-state index contributed by atoms with van der Waals surface area (Å²) in [6.07, 6.45) is 4.28. The molecule has 0 aliphatic heterocycles. The lowest BCUT2D eigenvalue weighted by Gasteiger charge is -2.13. The fourth-order valence-electron chi connectivity index (χ4n) is 3.33. The topological polar surface area (TPSA) is 85.8 Å². The first-order chi connectivity index (χ1) is 16.3. The summed E-state index contributed by atoms with van der Waals surface area (Å²) in [7, 11) is 1.54. The van der Waals surface area contributed by atoms with Gasteiger partial charge in [0.25, 0.3) is 5.56 Å². The van der Waals surface area contributed by atoms with Gasteiger partial charge in [0.2, 0.25) is 5.90 Å². The number of aliphatic hydroxyl groups is 1. The lowest BCUT2D eigenvalue weighted by Crippen LogP contribution is -2.40. The monoisotopic (exact) mass is 465 g/mol. The number of aryl methyl sites for hydroxylation is 1. The minimum atomic E-state index is -0.521. The molecular formula is C26H28FN3O4. The third-order valence-corrected chi connectivity index (χ3v) is 5.26. The number of aliphatic imine (C=N–C) groups is 1. The van der Waals surface area contributed by atoms with Crippen LogP contribution in [0, 0.1) is 19.7 Å². The second kappa shape index (κ2) is 11.4. The Balaban J connectivity index is 2.00. The minimum absolute atomic E-state index is 0.122. The minimum Gasteiger partial charge on any atom is -0.439 e. The van der Waals surface area contributed by atoms with Crippen molar-refractivity contribution in [2.75, 3.05) is 6.61 Å². The molecule has 0 fully saturated rings. The number of benzene rings is 2. The van der Waals surface area contributed by atoms with Crippen molar-refractivity contribution in [2.45, 2.75) is 33.2 Å². The van der Waals surface area contributed by atoms with Gasteiger partial charge in [-0.05, 0) is 62.6 Å². The summed E-state index contributed by atoms with van der Waals surface area (Å²) in [5, 5.41) is 9.07. The summed E-state index contributed by atoms with van der Waals surface area (Å²) in [5.74, 6) is 0.623. The Bertz CT molecular complexity index is 1270. The van der Waals surface area contributed by atoms with Gasteiger partial charge < -0.3 is 9.84 Å². The van der Waals surface area contributed by atoms with Gasteiger partial charge in [0.1, 0.15) is 17.4 Å². The Morgan fingerprint density at radius 2 is 1.76 bits per heavy atom. The number of hydrogen-bond acceptors (Lipinski definition) is 5. The number of aromatic nitrogens is 2. The average Bonchev–Trinajstić information content (AvgIpc) is 2.83. The SMILES string of the molecule is Cc1ccc(OC(/C=C\Cc2ccc(F)cc2)=N/c2c(C)c(=O)n(CCCO)c(=O)n2C)cc1. The standard InChI is InChI=1S/C26H28FN3O4/c1-18-8-14-22(15-9-18)34-23(7-4-6-20-10-12-21(27)13-11-20)28-24-19(2)25(32)30(16-5-17-31)26(33)29(24)3/h4,7-15,31H,5-6,16-17H2,1-3H3/b7-4-,28-23+. The number of hydrogen-bond donors (Lipinski definition) is 1. The number of nitrogens with zero attached hydrogens (tertiary/aromatic N) is 3. The molecule has 3 aromatic rings. The van der Waals surface area contributed by atoms with Crippen LogP contribution in [-0.4, -0.2) is 26.7 Å². The fraction of sp³-hybridized carbons (Fsp3) is 0.269. The summed E-state index contributed by atoms with van der Waals surface area (Å²) in [5.41, 5.74) is 1.29. The Morgan fingerprint density at radius 1 is 1.09 bits per heavy atom. The number of allylic oxidation sites excluding steroid dienone is 1. The fourth-order valence-corrected chi connectivity index (χ4v) is 3.33. The van der Waals surface area contributed by atoms with E-state index in [0.717, 1.165) is 15.7 Å². The third-order valence-electron chi connectivity index (χ3n) is 5.26. The van der Waals surface area contributed by atoms with Crippen molar-refractivity contribution in [1.82, 2.24) is 9.13 Å². The zero-order valence-electron chi connectivity index (χ0n) is 19.5. The molecule has 1 aromatic heterocycles. The van der Waals surface area contributed by atoms with Gasteiger partial charge in [-0.2, -0.15) is 4.99 Å². The highest BCUT2D eigenvalue weighted by molar-refractivity contribution is 5.91. The predicted octanol–water partition coefficient (Wildman–Crippen LogP) is 3.59. The first kappa shape index (κ1) is 24.9. The Labute approximate surface area is 197 Å². The van der Waals surface area contributed by atoms with Crippen LogP contribution in [0.2, 0.25) is 0 Å². The van der Waals surface area contributed by atoms with Gasteiger partial charge in [-0.25, -0.2) is 9.18 Å². The molecule has 8 heteroatoms. The molecule has 3 rings (SSSR count). The van der Waals surface area contributed by atoms with Crippen LogP contribution in [0.15, 0.2) is 75.3 Å². The van der Waals surface area contributed by atoms with E-state index in [0.29, 0.717) is 18.6 Å². The zero-order valence-corrected chi connectivity index (χ0v) is 19.5. The predicted molar refractivity (Wildman–Crippen MR) is 131 cm³/mol. The number of rotatable bonds is 8. The lowest BCUT2D eigenvalue weighted by molar-refractivity contribution is 0.277. The van der Waals surface area contributed by atoms with Gasteiger partial charge in [-0.1, -0.05) is 35.9 Å². The smallest absolute Gasteiger partial charge is 0.332 e. The van der Waals surface area contributed by atoms with Crippen LogP contribution in [-0.2, 0) is 20.0 Å². The van der Waals surface area contributed by atoms with Crippen molar-refractivity contribution in [3.05, 3.63) is 104 Å². The maximum atomic E-state index is 13.2. The second-order valence-electron chi connectivity index (χ2n) is 7.92. The van der Waals surface area contributed by atoms with Crippen molar-refractivity contribution < 1.29 is 14.2 Å². The van der Waals surface area contributed by atoms with Crippen LogP contribution in [0.4, 0.5) is 10.2 Å². The highest BCUT2D eigenvalue weighted by atomic mass is 19.1. The Hall–Kier alpha value is -3.78. The quantitative estimate of drug-likeness (QED) is 0.407. The van der Waals surface area contributed by atoms with Gasteiger partial charge in [-0.15, -0.1) is 0 Å². The molecule has 0 unspecified atom stereocenters. The van der Waals surface area contributed by atoms with Crippen molar-refractivity contribution in [3.8, 4) is 5.75 Å². The van der Waals surface area contributed by atoms with Crippen molar-refractivity contribution >= 4 is 11.7 Å². The largest absolute Gasteiger partial charge is 0.439 e. The van der Waals surface area contributed by atoms with E-state index in [1.165, 1.54) is 23.7 Å². The molecule has 0 atom stereocenters. The summed E-state index contributed by atoms with van der Waals surface area (Å²) < 4.78 is 21.5. The highest BCUT2D eigenvalue weighted by Crippen LogP contribution is 2.17. The normalized spacial score (nSPS) is 11.9. The van der Waals surface area contributed by atoms with E-state index in [-0.39, 0.29) is 36.2 Å². The molecule has 0 aliphatic rings. The van der Waals surface area contributed by atoms with E-state index in [2.05, 4.69) is 4.99 Å².